The van der Waals surface area contributed by atoms with Crippen LogP contribution in [0.5, 0.6) is 0 Å². The van der Waals surface area contributed by atoms with Crippen LogP contribution in [0, 0.1) is 0 Å². The molecule has 0 aliphatic rings. The van der Waals surface area contributed by atoms with Crippen molar-refractivity contribution in [2.45, 2.75) is 19.4 Å². The van der Waals surface area contributed by atoms with Gasteiger partial charge in [-0.15, -0.1) is 0 Å². The van der Waals surface area contributed by atoms with E-state index in [0.717, 1.165) is 16.3 Å². The molecule has 0 aliphatic carbocycles. The number of hydrogen-bond acceptors (Lipinski definition) is 3. The first kappa shape index (κ1) is 12.7. The number of carboxylic acid groups (broad SMARTS) is 1. The topological polar surface area (TPSA) is 66.7 Å². The van der Waals surface area contributed by atoms with Crippen molar-refractivity contribution in [3.63, 3.8) is 0 Å². The molecule has 0 bridgehead atoms. The van der Waals surface area contributed by atoms with Crippen molar-refractivity contribution in [3.05, 3.63) is 0 Å². The number of hydrogen-bond donors (Lipinski definition) is 1. The summed E-state index contributed by atoms with van der Waals surface area (Å²) in [6.45, 7) is 2.33. The molecule has 0 radical (unpaired) electrons. The van der Waals surface area contributed by atoms with Crippen LogP contribution in [0.4, 0.5) is 0 Å². The molecule has 0 aromatic rings. The predicted molar refractivity (Wildman–Crippen MR) is 45.7 cm³/mol. The van der Waals surface area contributed by atoms with E-state index in [2.05, 4.69) is 4.99 Å². The zero-order valence-corrected chi connectivity index (χ0v) is 8.83. The smallest absolute Gasteiger partial charge is 0.303 e. The molecule has 5 heteroatoms. The lowest BCUT2D eigenvalue weighted by Gasteiger charge is -1.79. The summed E-state index contributed by atoms with van der Waals surface area (Å²) in [6.07, 6.45) is 1.75. The van der Waals surface area contributed by atoms with E-state index in [1.807, 2.05) is 0 Å². The Balaban J connectivity index is 0. The molecule has 0 spiro atoms. The minimum Gasteiger partial charge on any atom is -0.481 e. The van der Waals surface area contributed by atoms with Gasteiger partial charge < -0.3 is 5.11 Å². The van der Waals surface area contributed by atoms with Crippen LogP contribution < -0.4 is 0 Å². The van der Waals surface area contributed by atoms with E-state index >= 15 is 0 Å². The summed E-state index contributed by atoms with van der Waals surface area (Å²) in [5.41, 5.74) is 0. The summed E-state index contributed by atoms with van der Waals surface area (Å²) in [4.78, 5) is 21.9. The van der Waals surface area contributed by atoms with E-state index in [9.17, 15) is 4.79 Å². The van der Waals surface area contributed by atoms with Crippen molar-refractivity contribution in [1.82, 2.24) is 0 Å². The standard InChI is InChI=1S/C3H5NO.C3H8O2Si/c1-2-4-3-5;4-3(5)1-2-6/h2H2,1H3;1-2H2,6H3,(H,4,5). The van der Waals surface area contributed by atoms with Crippen LogP contribution in [0.1, 0.15) is 13.3 Å². The average Bonchev–Trinajstić information content (AvgIpc) is 1.90. The van der Waals surface area contributed by atoms with Crippen molar-refractivity contribution in [2.75, 3.05) is 6.54 Å². The normalized spacial score (nSPS) is 7.36. The Labute approximate surface area is 68.8 Å². The fraction of sp³-hybridized carbons (Fsp3) is 0.667. The highest BCUT2D eigenvalue weighted by molar-refractivity contribution is 6.09. The summed E-state index contributed by atoms with van der Waals surface area (Å²) in [5.74, 6) is -0.676. The zero-order valence-electron chi connectivity index (χ0n) is 6.83. The second-order valence-electron chi connectivity index (χ2n) is 1.71. The van der Waals surface area contributed by atoms with Crippen molar-refractivity contribution >= 4 is 22.3 Å². The van der Waals surface area contributed by atoms with E-state index in [0.29, 0.717) is 13.0 Å². The minimum atomic E-state index is -0.676. The molecule has 1 N–H and O–H groups in total. The molecule has 0 aliphatic heterocycles. The molecule has 0 aromatic heterocycles. The van der Waals surface area contributed by atoms with E-state index in [1.165, 1.54) is 6.08 Å². The van der Waals surface area contributed by atoms with Gasteiger partial charge in [-0.1, -0.05) is 6.04 Å². The molecule has 0 aromatic carbocycles. The maximum absolute atomic E-state index is 9.62. The number of isocyanates is 1. The molecular formula is C6H13NO3Si. The van der Waals surface area contributed by atoms with Gasteiger partial charge in [0.05, 0.1) is 0 Å². The fourth-order valence-corrected chi connectivity index (χ4v) is 0.706. The van der Waals surface area contributed by atoms with Gasteiger partial charge in [-0.25, -0.2) is 9.79 Å². The number of aliphatic carboxylic acids is 1. The summed E-state index contributed by atoms with van der Waals surface area (Å²) < 4.78 is 0. The molecule has 0 saturated carbocycles. The van der Waals surface area contributed by atoms with Gasteiger partial charge in [0.2, 0.25) is 6.08 Å². The van der Waals surface area contributed by atoms with Gasteiger partial charge >= 0.3 is 5.97 Å². The highest BCUT2D eigenvalue weighted by Gasteiger charge is 1.87. The maximum Gasteiger partial charge on any atom is 0.303 e. The van der Waals surface area contributed by atoms with Gasteiger partial charge in [-0.3, -0.25) is 4.79 Å². The lowest BCUT2D eigenvalue weighted by molar-refractivity contribution is -0.136. The summed E-state index contributed by atoms with van der Waals surface area (Å²) in [5, 5.41) is 7.94. The third-order valence-corrected chi connectivity index (χ3v) is 1.19. The van der Waals surface area contributed by atoms with Gasteiger partial charge in [0.1, 0.15) is 0 Å². The Morgan fingerprint density at radius 1 is 1.73 bits per heavy atom. The van der Waals surface area contributed by atoms with Gasteiger partial charge in [0.25, 0.3) is 0 Å². The quantitative estimate of drug-likeness (QED) is 0.360. The molecule has 0 amide bonds. The third kappa shape index (κ3) is 27.4. The van der Waals surface area contributed by atoms with Crippen LogP contribution in [0.2, 0.25) is 6.04 Å². The Bertz CT molecular complexity index is 143. The van der Waals surface area contributed by atoms with Gasteiger partial charge in [0.15, 0.2) is 0 Å². The number of carbonyl (C=O) groups is 1. The van der Waals surface area contributed by atoms with Crippen molar-refractivity contribution < 1.29 is 14.7 Å². The maximum atomic E-state index is 9.62. The van der Waals surface area contributed by atoms with Crippen LogP contribution in [0.3, 0.4) is 0 Å². The van der Waals surface area contributed by atoms with E-state index in [4.69, 9.17) is 9.90 Å². The average molecular weight is 175 g/mol. The SMILES string of the molecule is CCN=C=O.O=C(O)CC[SiH3]. The number of nitrogens with zero attached hydrogens (tertiary/aromatic N) is 1. The predicted octanol–water partition coefficient (Wildman–Crippen LogP) is -0.413. The number of rotatable bonds is 3. The lowest BCUT2D eigenvalue weighted by Crippen LogP contribution is -1.91. The van der Waals surface area contributed by atoms with Crippen LogP contribution in [0.25, 0.3) is 0 Å². The Morgan fingerprint density at radius 3 is 2.27 bits per heavy atom. The molecule has 0 rings (SSSR count). The van der Waals surface area contributed by atoms with E-state index in [-0.39, 0.29) is 0 Å². The molecule has 0 heterocycles. The Hall–Kier alpha value is -0.933. The first-order valence-electron chi connectivity index (χ1n) is 3.44. The molecule has 0 unspecified atom stereocenters. The molecule has 4 nitrogen and oxygen atoms in total. The number of carboxylic acids is 1. The van der Waals surface area contributed by atoms with Gasteiger partial charge in [-0.2, -0.15) is 0 Å². The molecule has 0 atom stereocenters. The van der Waals surface area contributed by atoms with Crippen LogP contribution in [-0.2, 0) is 9.59 Å². The van der Waals surface area contributed by atoms with Crippen molar-refractivity contribution in [2.24, 2.45) is 4.99 Å². The van der Waals surface area contributed by atoms with E-state index in [1.54, 1.807) is 6.92 Å². The summed E-state index contributed by atoms with van der Waals surface area (Å²) in [7, 11) is 1.01. The Morgan fingerprint density at radius 2 is 2.27 bits per heavy atom. The third-order valence-electron chi connectivity index (χ3n) is 0.687. The first-order chi connectivity index (χ1) is 5.18. The monoisotopic (exact) mass is 175 g/mol. The van der Waals surface area contributed by atoms with E-state index < -0.39 is 5.97 Å². The fourth-order valence-electron chi connectivity index (χ4n) is 0.278. The van der Waals surface area contributed by atoms with Crippen LogP contribution in [-0.4, -0.2) is 33.9 Å². The second-order valence-corrected chi connectivity index (χ2v) is 2.71. The van der Waals surface area contributed by atoms with Crippen molar-refractivity contribution in [3.8, 4) is 0 Å². The lowest BCUT2D eigenvalue weighted by atomic mass is 10.5. The van der Waals surface area contributed by atoms with Crippen LogP contribution in [0.15, 0.2) is 4.99 Å². The Kier molecular flexibility index (Phi) is 13.7. The molecular weight excluding hydrogens is 162 g/mol. The number of carbonyl (C=O) groups excluding carboxylic acids is 1. The summed E-state index contributed by atoms with van der Waals surface area (Å²) in [6, 6.07) is 0.870. The van der Waals surface area contributed by atoms with Crippen LogP contribution >= 0.6 is 0 Å². The first-order valence-corrected chi connectivity index (χ1v) is 4.85. The zero-order chi connectivity index (χ0) is 9.11. The largest absolute Gasteiger partial charge is 0.481 e. The summed E-state index contributed by atoms with van der Waals surface area (Å²) >= 11 is 0. The molecule has 0 fully saturated rings. The van der Waals surface area contributed by atoms with Gasteiger partial charge in [-0.05, 0) is 6.92 Å². The highest BCUT2D eigenvalue weighted by Crippen LogP contribution is 1.79. The van der Waals surface area contributed by atoms with Crippen molar-refractivity contribution in [1.29, 1.82) is 0 Å². The highest BCUT2D eigenvalue weighted by atomic mass is 28.1. The second kappa shape index (κ2) is 11.8. The molecule has 64 valence electrons. The minimum absolute atomic E-state index is 0.353. The molecule has 11 heavy (non-hydrogen) atoms. The molecule has 0 saturated heterocycles. The number of aliphatic imine (C=N–C) groups is 1. The van der Waals surface area contributed by atoms with Gasteiger partial charge in [0, 0.05) is 23.2 Å².